The molecule has 24 heavy (non-hydrogen) atoms. The Balaban J connectivity index is 0.00000264. The summed E-state index contributed by atoms with van der Waals surface area (Å²) in [6, 6.07) is 7.33. The summed E-state index contributed by atoms with van der Waals surface area (Å²) in [5.74, 6) is 0.655. The molecule has 0 aliphatic carbocycles. The number of halogens is 2. The van der Waals surface area contributed by atoms with Gasteiger partial charge in [-0.1, -0.05) is 6.07 Å². The Morgan fingerprint density at radius 1 is 1.42 bits per heavy atom. The van der Waals surface area contributed by atoms with Crippen LogP contribution in [-0.2, 0) is 11.3 Å². The van der Waals surface area contributed by atoms with Crippen molar-refractivity contribution >= 4 is 36.4 Å². The van der Waals surface area contributed by atoms with Gasteiger partial charge in [-0.25, -0.2) is 9.67 Å². The Hall–Kier alpha value is -1.83. The molecule has 1 heterocycles. The van der Waals surface area contributed by atoms with Gasteiger partial charge in [0, 0.05) is 24.2 Å². The van der Waals surface area contributed by atoms with Crippen LogP contribution in [0.3, 0.4) is 0 Å². The first-order valence-electron chi connectivity index (χ1n) is 7.24. The van der Waals surface area contributed by atoms with Gasteiger partial charge in [-0.05, 0) is 25.5 Å². The number of carbonyl (C=O) groups excluding carboxylic acids is 1. The summed E-state index contributed by atoms with van der Waals surface area (Å²) >= 11 is 0. The van der Waals surface area contributed by atoms with E-state index in [1.165, 1.54) is 6.33 Å². The maximum atomic E-state index is 11.8. The van der Waals surface area contributed by atoms with E-state index < -0.39 is 0 Å². The van der Waals surface area contributed by atoms with Crippen LogP contribution in [0.4, 0.5) is 5.69 Å². The number of amides is 1. The highest BCUT2D eigenvalue weighted by atomic mass is 35.5. The predicted octanol–water partition coefficient (Wildman–Crippen LogP) is 2.27. The molecule has 0 bridgehead atoms. The minimum Gasteiger partial charge on any atom is -0.492 e. The van der Waals surface area contributed by atoms with E-state index in [2.05, 4.69) is 15.4 Å². The molecular formula is C15H23Cl2N5O2. The van der Waals surface area contributed by atoms with Crippen LogP contribution in [0.5, 0.6) is 5.75 Å². The highest BCUT2D eigenvalue weighted by Crippen LogP contribution is 2.17. The Kier molecular flexibility index (Phi) is 10.8. The van der Waals surface area contributed by atoms with E-state index in [-0.39, 0.29) is 36.8 Å². The average molecular weight is 376 g/mol. The zero-order valence-corrected chi connectivity index (χ0v) is 15.1. The minimum atomic E-state index is -0.0444. The Bertz CT molecular complexity index is 593. The van der Waals surface area contributed by atoms with Crippen molar-refractivity contribution in [3.05, 3.63) is 36.9 Å². The summed E-state index contributed by atoms with van der Waals surface area (Å²) in [6.45, 7) is 2.98. The van der Waals surface area contributed by atoms with E-state index in [1.54, 1.807) is 17.1 Å². The molecule has 1 aromatic heterocycles. The molecule has 0 fully saturated rings. The highest BCUT2D eigenvalue weighted by Gasteiger charge is 2.05. The van der Waals surface area contributed by atoms with Gasteiger partial charge in [-0.2, -0.15) is 5.10 Å². The first-order chi connectivity index (χ1) is 10.6. The summed E-state index contributed by atoms with van der Waals surface area (Å²) in [4.78, 5) is 15.6. The van der Waals surface area contributed by atoms with Crippen molar-refractivity contribution in [2.45, 2.75) is 32.4 Å². The van der Waals surface area contributed by atoms with Crippen molar-refractivity contribution in [1.82, 2.24) is 14.8 Å². The molecule has 0 radical (unpaired) electrons. The van der Waals surface area contributed by atoms with Gasteiger partial charge in [0.25, 0.3) is 0 Å². The molecule has 134 valence electrons. The number of carbonyl (C=O) groups is 1. The van der Waals surface area contributed by atoms with E-state index in [1.807, 2.05) is 25.1 Å². The fourth-order valence-electron chi connectivity index (χ4n) is 1.85. The fourth-order valence-corrected chi connectivity index (χ4v) is 1.85. The molecule has 0 aliphatic heterocycles. The van der Waals surface area contributed by atoms with Crippen molar-refractivity contribution in [2.75, 3.05) is 11.9 Å². The molecule has 7 nitrogen and oxygen atoms in total. The average Bonchev–Trinajstić information content (AvgIpc) is 2.99. The van der Waals surface area contributed by atoms with Crippen molar-refractivity contribution < 1.29 is 9.53 Å². The van der Waals surface area contributed by atoms with Gasteiger partial charge in [0.05, 0.1) is 6.54 Å². The van der Waals surface area contributed by atoms with Crippen LogP contribution in [0.15, 0.2) is 36.9 Å². The van der Waals surface area contributed by atoms with Crippen LogP contribution in [0, 0.1) is 0 Å². The normalized spacial score (nSPS) is 10.9. The van der Waals surface area contributed by atoms with E-state index in [4.69, 9.17) is 10.5 Å². The standard InChI is InChI=1S/C15H21N5O2.2ClH/c1-12(16)5-6-15(21)19-13-3-2-4-14(9-13)22-8-7-20-11-17-10-18-20;;/h2-4,9-12H,5-8,16H2,1H3,(H,19,21);2*1H. The molecule has 0 spiro atoms. The van der Waals surface area contributed by atoms with Crippen LogP contribution in [0.2, 0.25) is 0 Å². The number of nitrogens with two attached hydrogens (primary N) is 1. The fraction of sp³-hybridized carbons (Fsp3) is 0.400. The monoisotopic (exact) mass is 375 g/mol. The van der Waals surface area contributed by atoms with E-state index >= 15 is 0 Å². The van der Waals surface area contributed by atoms with Gasteiger partial charge >= 0.3 is 0 Å². The lowest BCUT2D eigenvalue weighted by Crippen LogP contribution is -2.19. The van der Waals surface area contributed by atoms with Crippen molar-refractivity contribution in [3.8, 4) is 5.75 Å². The molecule has 1 amide bonds. The third-order valence-corrected chi connectivity index (χ3v) is 3.00. The van der Waals surface area contributed by atoms with E-state index in [0.717, 1.165) is 0 Å². The molecule has 2 aromatic rings. The van der Waals surface area contributed by atoms with Crippen LogP contribution in [-0.4, -0.2) is 33.3 Å². The molecule has 3 N–H and O–H groups in total. The van der Waals surface area contributed by atoms with Gasteiger partial charge in [-0.3, -0.25) is 4.79 Å². The molecular weight excluding hydrogens is 353 g/mol. The summed E-state index contributed by atoms with van der Waals surface area (Å²) in [6.07, 6.45) is 4.20. The van der Waals surface area contributed by atoms with Crippen molar-refractivity contribution in [1.29, 1.82) is 0 Å². The molecule has 0 saturated heterocycles. The number of rotatable bonds is 8. The van der Waals surface area contributed by atoms with Gasteiger partial charge in [0.1, 0.15) is 25.0 Å². The third-order valence-electron chi connectivity index (χ3n) is 3.00. The Morgan fingerprint density at radius 3 is 2.88 bits per heavy atom. The number of anilines is 1. The van der Waals surface area contributed by atoms with Crippen LogP contribution in [0.1, 0.15) is 19.8 Å². The number of ether oxygens (including phenoxy) is 1. The lowest BCUT2D eigenvalue weighted by molar-refractivity contribution is -0.116. The largest absolute Gasteiger partial charge is 0.492 e. The quantitative estimate of drug-likeness (QED) is 0.737. The van der Waals surface area contributed by atoms with Crippen LogP contribution in [0.25, 0.3) is 0 Å². The second kappa shape index (κ2) is 11.7. The maximum Gasteiger partial charge on any atom is 0.224 e. The summed E-state index contributed by atoms with van der Waals surface area (Å²) < 4.78 is 7.33. The summed E-state index contributed by atoms with van der Waals surface area (Å²) in [5.41, 5.74) is 6.36. The highest BCUT2D eigenvalue weighted by molar-refractivity contribution is 5.90. The van der Waals surface area contributed by atoms with Crippen molar-refractivity contribution in [2.24, 2.45) is 5.73 Å². The minimum absolute atomic E-state index is 0. The van der Waals surface area contributed by atoms with E-state index in [9.17, 15) is 4.79 Å². The lowest BCUT2D eigenvalue weighted by atomic mass is 10.2. The number of hydrogen-bond donors (Lipinski definition) is 2. The number of benzene rings is 1. The van der Waals surface area contributed by atoms with Gasteiger partial charge in [-0.15, -0.1) is 24.8 Å². The number of nitrogens with zero attached hydrogens (tertiary/aromatic N) is 3. The van der Waals surface area contributed by atoms with Gasteiger partial charge < -0.3 is 15.8 Å². The molecule has 9 heteroatoms. The summed E-state index contributed by atoms with van der Waals surface area (Å²) in [5, 5.41) is 6.84. The molecule has 0 aliphatic rings. The molecule has 1 atom stereocenters. The SMILES string of the molecule is CC(N)CCC(=O)Nc1cccc(OCCn2cncn2)c1.Cl.Cl. The van der Waals surface area contributed by atoms with E-state index in [0.29, 0.717) is 37.4 Å². The number of aromatic nitrogens is 3. The number of hydrogen-bond acceptors (Lipinski definition) is 5. The third kappa shape index (κ3) is 8.14. The first-order valence-corrected chi connectivity index (χ1v) is 7.24. The summed E-state index contributed by atoms with van der Waals surface area (Å²) in [7, 11) is 0. The second-order valence-corrected chi connectivity index (χ2v) is 5.10. The topological polar surface area (TPSA) is 95.1 Å². The van der Waals surface area contributed by atoms with Crippen molar-refractivity contribution in [3.63, 3.8) is 0 Å². The molecule has 1 aromatic carbocycles. The maximum absolute atomic E-state index is 11.8. The van der Waals surface area contributed by atoms with Crippen LogP contribution >= 0.6 is 24.8 Å². The lowest BCUT2D eigenvalue weighted by Gasteiger charge is -2.10. The Morgan fingerprint density at radius 2 is 2.21 bits per heavy atom. The zero-order chi connectivity index (χ0) is 15.8. The van der Waals surface area contributed by atoms with Gasteiger partial charge in [0.15, 0.2) is 0 Å². The van der Waals surface area contributed by atoms with Crippen LogP contribution < -0.4 is 15.8 Å². The smallest absolute Gasteiger partial charge is 0.224 e. The molecule has 1 unspecified atom stereocenters. The first kappa shape index (κ1) is 22.2. The number of nitrogens with one attached hydrogen (secondary N) is 1. The Labute approximate surface area is 153 Å². The predicted molar refractivity (Wildman–Crippen MR) is 98.0 cm³/mol. The molecule has 0 saturated carbocycles. The second-order valence-electron chi connectivity index (χ2n) is 5.10. The van der Waals surface area contributed by atoms with Gasteiger partial charge in [0.2, 0.25) is 5.91 Å². The molecule has 2 rings (SSSR count). The zero-order valence-electron chi connectivity index (χ0n) is 13.4.